The average Bonchev–Trinajstić information content (AvgIpc) is 2.96. The molecule has 0 fully saturated rings. The van der Waals surface area contributed by atoms with Crippen LogP contribution in [0.5, 0.6) is 5.75 Å². The first kappa shape index (κ1) is 13.6. The first-order valence-corrected chi connectivity index (χ1v) is 6.73. The molecule has 0 aromatic heterocycles. The highest BCUT2D eigenvalue weighted by molar-refractivity contribution is 6.04. The summed E-state index contributed by atoms with van der Waals surface area (Å²) in [4.78, 5) is 12.2. The molecule has 3 rings (SSSR count). The summed E-state index contributed by atoms with van der Waals surface area (Å²) in [6.45, 7) is 0.894. The number of halogens is 1. The van der Waals surface area contributed by atoms with Gasteiger partial charge in [-0.25, -0.2) is 4.39 Å². The zero-order chi connectivity index (χ0) is 14.8. The summed E-state index contributed by atoms with van der Waals surface area (Å²) < 4.78 is 19.2. The van der Waals surface area contributed by atoms with Crippen LogP contribution in [-0.4, -0.2) is 12.5 Å². The van der Waals surface area contributed by atoms with Gasteiger partial charge in [0.15, 0.2) is 0 Å². The third kappa shape index (κ3) is 2.73. The van der Waals surface area contributed by atoms with Crippen molar-refractivity contribution in [2.45, 2.75) is 13.0 Å². The summed E-state index contributed by atoms with van der Waals surface area (Å²) >= 11 is 0. The molecule has 1 heterocycles. The largest absolute Gasteiger partial charge is 0.493 e. The molecular formula is C16H15FN2O2. The number of ether oxygens (including phenoxy) is 1. The second-order valence-corrected chi connectivity index (χ2v) is 4.89. The van der Waals surface area contributed by atoms with E-state index in [-0.39, 0.29) is 18.1 Å². The molecule has 0 unspecified atom stereocenters. The monoisotopic (exact) mass is 286 g/mol. The smallest absolute Gasteiger partial charge is 0.255 e. The summed E-state index contributed by atoms with van der Waals surface area (Å²) in [7, 11) is 0. The Balaban J connectivity index is 1.80. The van der Waals surface area contributed by atoms with Crippen molar-refractivity contribution in [3.05, 3.63) is 58.9 Å². The van der Waals surface area contributed by atoms with Crippen LogP contribution >= 0.6 is 0 Å². The zero-order valence-corrected chi connectivity index (χ0v) is 11.4. The number of carbonyl (C=O) groups excluding carboxylic acids is 1. The van der Waals surface area contributed by atoms with E-state index in [2.05, 4.69) is 5.32 Å². The van der Waals surface area contributed by atoms with E-state index in [4.69, 9.17) is 10.5 Å². The third-order valence-electron chi connectivity index (χ3n) is 3.47. The molecule has 0 spiro atoms. The number of benzene rings is 2. The maximum absolute atomic E-state index is 13.8. The summed E-state index contributed by atoms with van der Waals surface area (Å²) in [5.74, 6) is -0.0232. The maximum Gasteiger partial charge on any atom is 0.255 e. The van der Waals surface area contributed by atoms with Crippen LogP contribution in [0.15, 0.2) is 36.4 Å². The summed E-state index contributed by atoms with van der Waals surface area (Å²) in [5.41, 5.74) is 7.76. The molecule has 1 amide bonds. The fraction of sp³-hybridized carbons (Fsp3) is 0.188. The fourth-order valence-corrected chi connectivity index (χ4v) is 2.31. The highest BCUT2D eigenvalue weighted by Crippen LogP contribution is 2.26. The molecule has 3 N–H and O–H groups in total. The molecule has 0 saturated carbocycles. The molecule has 2 aromatic carbocycles. The van der Waals surface area contributed by atoms with Crippen molar-refractivity contribution >= 4 is 11.6 Å². The van der Waals surface area contributed by atoms with Crippen molar-refractivity contribution in [3.63, 3.8) is 0 Å². The molecule has 0 bridgehead atoms. The molecule has 0 radical (unpaired) electrons. The van der Waals surface area contributed by atoms with Crippen LogP contribution in [0, 0.1) is 5.82 Å². The SMILES string of the molecule is NCc1ccc(NC(=O)c2ccc3c(c2)CCO3)c(F)c1. The molecule has 4 nitrogen and oxygen atoms in total. The lowest BCUT2D eigenvalue weighted by molar-refractivity contribution is 0.102. The van der Waals surface area contributed by atoms with Gasteiger partial charge in [-0.2, -0.15) is 0 Å². The minimum atomic E-state index is -0.490. The van der Waals surface area contributed by atoms with Crippen molar-refractivity contribution in [2.24, 2.45) is 5.73 Å². The van der Waals surface area contributed by atoms with Crippen molar-refractivity contribution in [1.82, 2.24) is 0 Å². The van der Waals surface area contributed by atoms with Gasteiger partial charge in [0.25, 0.3) is 5.91 Å². The number of rotatable bonds is 3. The van der Waals surface area contributed by atoms with Gasteiger partial charge in [0, 0.05) is 18.5 Å². The van der Waals surface area contributed by atoms with Gasteiger partial charge in [-0.15, -0.1) is 0 Å². The number of fused-ring (bicyclic) bond motifs is 1. The van der Waals surface area contributed by atoms with E-state index in [1.54, 1.807) is 24.3 Å². The Hall–Kier alpha value is -2.40. The van der Waals surface area contributed by atoms with E-state index in [0.717, 1.165) is 17.7 Å². The number of carbonyl (C=O) groups is 1. The molecule has 21 heavy (non-hydrogen) atoms. The van der Waals surface area contributed by atoms with E-state index >= 15 is 0 Å². The Bertz CT molecular complexity index is 701. The molecule has 0 saturated heterocycles. The van der Waals surface area contributed by atoms with Crippen molar-refractivity contribution in [3.8, 4) is 5.75 Å². The van der Waals surface area contributed by atoms with Gasteiger partial charge in [0.05, 0.1) is 12.3 Å². The average molecular weight is 286 g/mol. The summed E-state index contributed by atoms with van der Waals surface area (Å²) in [5, 5.41) is 2.57. The predicted molar refractivity (Wildman–Crippen MR) is 77.9 cm³/mol. The van der Waals surface area contributed by atoms with Gasteiger partial charge in [-0.05, 0) is 41.5 Å². The Morgan fingerprint density at radius 2 is 2.14 bits per heavy atom. The van der Waals surface area contributed by atoms with E-state index in [0.29, 0.717) is 17.7 Å². The molecule has 108 valence electrons. The summed E-state index contributed by atoms with van der Waals surface area (Å²) in [6, 6.07) is 9.76. The third-order valence-corrected chi connectivity index (χ3v) is 3.47. The van der Waals surface area contributed by atoms with Crippen LogP contribution in [0.3, 0.4) is 0 Å². The Kier molecular flexibility index (Phi) is 3.58. The fourth-order valence-electron chi connectivity index (χ4n) is 2.31. The Morgan fingerprint density at radius 3 is 2.90 bits per heavy atom. The lowest BCUT2D eigenvalue weighted by atomic mass is 10.1. The van der Waals surface area contributed by atoms with Gasteiger partial charge in [-0.3, -0.25) is 4.79 Å². The van der Waals surface area contributed by atoms with Crippen molar-refractivity contribution < 1.29 is 13.9 Å². The molecule has 0 atom stereocenters. The molecule has 2 aromatic rings. The van der Waals surface area contributed by atoms with E-state index in [1.165, 1.54) is 12.1 Å². The topological polar surface area (TPSA) is 64.3 Å². The van der Waals surface area contributed by atoms with E-state index in [1.807, 2.05) is 0 Å². The molecule has 1 aliphatic heterocycles. The molecule has 5 heteroatoms. The minimum absolute atomic E-state index is 0.147. The standard InChI is InChI=1S/C16H15FN2O2/c17-13-7-10(9-18)1-3-14(13)19-16(20)12-2-4-15-11(8-12)5-6-21-15/h1-4,7-8H,5-6,9,18H2,(H,19,20). The minimum Gasteiger partial charge on any atom is -0.493 e. The van der Waals surface area contributed by atoms with Crippen molar-refractivity contribution in [1.29, 1.82) is 0 Å². The van der Waals surface area contributed by atoms with Gasteiger partial charge in [0.1, 0.15) is 11.6 Å². The van der Waals surface area contributed by atoms with Gasteiger partial charge in [-0.1, -0.05) is 6.07 Å². The lowest BCUT2D eigenvalue weighted by Crippen LogP contribution is -2.13. The first-order valence-electron chi connectivity index (χ1n) is 6.73. The normalized spacial score (nSPS) is 12.7. The van der Waals surface area contributed by atoms with E-state index < -0.39 is 5.82 Å². The van der Waals surface area contributed by atoms with Crippen LogP contribution in [0.2, 0.25) is 0 Å². The zero-order valence-electron chi connectivity index (χ0n) is 11.4. The second kappa shape index (κ2) is 5.54. The molecule has 0 aliphatic carbocycles. The highest BCUT2D eigenvalue weighted by atomic mass is 19.1. The second-order valence-electron chi connectivity index (χ2n) is 4.89. The van der Waals surface area contributed by atoms with Crippen LogP contribution in [0.4, 0.5) is 10.1 Å². The predicted octanol–water partition coefficient (Wildman–Crippen LogP) is 2.47. The van der Waals surface area contributed by atoms with Crippen LogP contribution in [0.25, 0.3) is 0 Å². The molecule has 1 aliphatic rings. The number of nitrogens with two attached hydrogens (primary N) is 1. The van der Waals surface area contributed by atoms with Gasteiger partial charge < -0.3 is 15.8 Å². The van der Waals surface area contributed by atoms with Crippen molar-refractivity contribution in [2.75, 3.05) is 11.9 Å². The Morgan fingerprint density at radius 1 is 1.29 bits per heavy atom. The molecular weight excluding hydrogens is 271 g/mol. The van der Waals surface area contributed by atoms with E-state index in [9.17, 15) is 9.18 Å². The lowest BCUT2D eigenvalue weighted by Gasteiger charge is -2.08. The number of hydrogen-bond donors (Lipinski definition) is 2. The quantitative estimate of drug-likeness (QED) is 0.911. The Labute approximate surface area is 121 Å². The number of hydrogen-bond acceptors (Lipinski definition) is 3. The summed E-state index contributed by atoms with van der Waals surface area (Å²) in [6.07, 6.45) is 0.788. The number of amides is 1. The number of anilines is 1. The first-order chi connectivity index (χ1) is 10.2. The van der Waals surface area contributed by atoms with Crippen LogP contribution < -0.4 is 15.8 Å². The number of nitrogens with one attached hydrogen (secondary N) is 1. The van der Waals surface area contributed by atoms with Gasteiger partial charge >= 0.3 is 0 Å². The highest BCUT2D eigenvalue weighted by Gasteiger charge is 2.16. The van der Waals surface area contributed by atoms with Gasteiger partial charge in [0.2, 0.25) is 0 Å². The van der Waals surface area contributed by atoms with Crippen LogP contribution in [-0.2, 0) is 13.0 Å². The van der Waals surface area contributed by atoms with Crippen LogP contribution in [0.1, 0.15) is 21.5 Å². The maximum atomic E-state index is 13.8.